The van der Waals surface area contributed by atoms with E-state index in [1.807, 2.05) is 84.9 Å². The summed E-state index contributed by atoms with van der Waals surface area (Å²) in [7, 11) is -2.46. The van der Waals surface area contributed by atoms with Gasteiger partial charge in [-0.2, -0.15) is 0 Å². The third-order valence-electron chi connectivity index (χ3n) is 5.12. The molecular formula is C27H22BrO2P. The van der Waals surface area contributed by atoms with Crippen molar-refractivity contribution >= 4 is 34.5 Å². The van der Waals surface area contributed by atoms with Gasteiger partial charge in [0.05, 0.1) is 6.08 Å². The Balaban J connectivity index is 0.00000272. The van der Waals surface area contributed by atoms with Crippen molar-refractivity contribution in [2.75, 3.05) is 0 Å². The molecule has 154 valence electrons. The van der Waals surface area contributed by atoms with Gasteiger partial charge < -0.3 is 22.1 Å². The van der Waals surface area contributed by atoms with Gasteiger partial charge in [0.15, 0.2) is 0 Å². The van der Waals surface area contributed by atoms with Gasteiger partial charge in [-0.1, -0.05) is 84.9 Å². The molecule has 0 fully saturated rings. The Labute approximate surface area is 194 Å². The Kier molecular flexibility index (Phi) is 7.57. The highest BCUT2D eigenvalue weighted by atomic mass is 79.9. The van der Waals surface area contributed by atoms with Crippen LogP contribution in [0.2, 0.25) is 0 Å². The van der Waals surface area contributed by atoms with E-state index in [2.05, 4.69) is 36.4 Å². The standard InChI is InChI=1S/C27H21O2P.BrH/c28-27(29)21-26(22-13-5-1-6-14-22)30(23-15-7-2-8-16-23,24-17-9-3-10-18-24)25-19-11-4-12-20-25;/h1-21H;1H/b26-21+;. The lowest BCUT2D eigenvalue weighted by Gasteiger charge is -2.29. The van der Waals surface area contributed by atoms with Crippen molar-refractivity contribution in [2.45, 2.75) is 0 Å². The molecule has 0 saturated heterocycles. The summed E-state index contributed by atoms with van der Waals surface area (Å²) >= 11 is 0. The summed E-state index contributed by atoms with van der Waals surface area (Å²) in [4.78, 5) is 12.1. The van der Waals surface area contributed by atoms with E-state index in [1.54, 1.807) is 0 Å². The van der Waals surface area contributed by atoms with E-state index in [4.69, 9.17) is 0 Å². The van der Waals surface area contributed by atoms with Crippen molar-refractivity contribution in [1.29, 1.82) is 0 Å². The first-order valence-corrected chi connectivity index (χ1v) is 11.6. The van der Waals surface area contributed by atoms with Gasteiger partial charge in [0, 0.05) is 5.56 Å². The molecule has 0 bridgehead atoms. The lowest BCUT2D eigenvalue weighted by molar-refractivity contribution is -0.131. The van der Waals surface area contributed by atoms with Gasteiger partial charge in [0.2, 0.25) is 0 Å². The minimum absolute atomic E-state index is 0. The molecule has 0 radical (unpaired) electrons. The second kappa shape index (κ2) is 10.3. The van der Waals surface area contributed by atoms with Crippen LogP contribution in [-0.2, 0) is 4.79 Å². The number of carbonyl (C=O) groups is 1. The third-order valence-corrected chi connectivity index (χ3v) is 9.45. The van der Waals surface area contributed by atoms with Gasteiger partial charge in [0.25, 0.3) is 0 Å². The molecule has 4 heteroatoms. The van der Waals surface area contributed by atoms with Crippen LogP contribution in [0.5, 0.6) is 0 Å². The number of aliphatic carboxylic acids is 1. The summed E-state index contributed by atoms with van der Waals surface area (Å²) < 4.78 is 0. The largest absolute Gasteiger partial charge is 1.00 e. The summed E-state index contributed by atoms with van der Waals surface area (Å²) in [6, 6.07) is 40.7. The van der Waals surface area contributed by atoms with Crippen molar-refractivity contribution in [3.8, 4) is 0 Å². The topological polar surface area (TPSA) is 37.3 Å². The highest BCUT2D eigenvalue weighted by Crippen LogP contribution is 2.66. The van der Waals surface area contributed by atoms with E-state index in [0.717, 1.165) is 26.8 Å². The van der Waals surface area contributed by atoms with Crippen LogP contribution >= 0.6 is 7.26 Å². The van der Waals surface area contributed by atoms with E-state index in [0.29, 0.717) is 0 Å². The first-order chi connectivity index (χ1) is 14.7. The Hall–Kier alpha value is -3.00. The molecule has 0 saturated carbocycles. The molecule has 1 N–H and O–H groups in total. The number of halogens is 1. The minimum Gasteiger partial charge on any atom is -1.00 e. The number of hydrogen-bond acceptors (Lipinski definition) is 1. The second-order valence-corrected chi connectivity index (χ2v) is 10.3. The van der Waals surface area contributed by atoms with Gasteiger partial charge in [-0.05, 0) is 36.4 Å². The zero-order valence-corrected chi connectivity index (χ0v) is 19.3. The molecule has 31 heavy (non-hydrogen) atoms. The monoisotopic (exact) mass is 488 g/mol. The predicted octanol–water partition coefficient (Wildman–Crippen LogP) is 2.11. The lowest BCUT2D eigenvalue weighted by Crippen LogP contribution is -3.00. The molecule has 0 aliphatic carbocycles. The quantitative estimate of drug-likeness (QED) is 0.333. The summed E-state index contributed by atoms with van der Waals surface area (Å²) in [6.45, 7) is 0. The van der Waals surface area contributed by atoms with Crippen LogP contribution in [0.3, 0.4) is 0 Å². The maximum atomic E-state index is 12.1. The first kappa shape index (κ1) is 22.7. The van der Waals surface area contributed by atoms with Crippen molar-refractivity contribution in [3.05, 3.63) is 133 Å². The van der Waals surface area contributed by atoms with Crippen LogP contribution in [0.1, 0.15) is 5.56 Å². The lowest BCUT2D eigenvalue weighted by atomic mass is 10.2. The molecule has 0 aliphatic heterocycles. The fourth-order valence-corrected chi connectivity index (χ4v) is 8.35. The van der Waals surface area contributed by atoms with Crippen LogP contribution < -0.4 is 32.9 Å². The van der Waals surface area contributed by atoms with Crippen molar-refractivity contribution in [2.24, 2.45) is 0 Å². The van der Waals surface area contributed by atoms with Crippen LogP contribution in [0.4, 0.5) is 0 Å². The van der Waals surface area contributed by atoms with Gasteiger partial charge >= 0.3 is 5.97 Å². The van der Waals surface area contributed by atoms with Gasteiger partial charge in [-0.3, -0.25) is 0 Å². The smallest absolute Gasteiger partial charge is 0.332 e. The Morgan fingerprint density at radius 1 is 0.581 bits per heavy atom. The summed E-state index contributed by atoms with van der Waals surface area (Å²) in [6.07, 6.45) is 1.40. The van der Waals surface area contributed by atoms with Gasteiger partial charge in [-0.25, -0.2) is 4.79 Å². The molecule has 0 aliphatic rings. The second-order valence-electron chi connectivity index (χ2n) is 6.91. The third kappa shape index (κ3) is 4.54. The van der Waals surface area contributed by atoms with E-state index in [9.17, 15) is 9.90 Å². The minimum atomic E-state index is -2.46. The van der Waals surface area contributed by atoms with E-state index in [-0.39, 0.29) is 17.0 Å². The van der Waals surface area contributed by atoms with Gasteiger partial charge in [0.1, 0.15) is 28.5 Å². The molecule has 0 unspecified atom stereocenters. The maximum Gasteiger partial charge on any atom is 0.332 e. The zero-order valence-electron chi connectivity index (χ0n) is 16.8. The number of benzene rings is 4. The van der Waals surface area contributed by atoms with E-state index in [1.165, 1.54) is 6.08 Å². The average molecular weight is 489 g/mol. The summed E-state index contributed by atoms with van der Waals surface area (Å²) in [5, 5.41) is 14.1. The molecule has 0 aromatic heterocycles. The van der Waals surface area contributed by atoms with Crippen molar-refractivity contribution in [1.82, 2.24) is 0 Å². The SMILES string of the molecule is O=C(O)/C=C(\c1ccccc1)[P+](c1ccccc1)(c1ccccc1)c1ccccc1.[Br-]. The van der Waals surface area contributed by atoms with Crippen molar-refractivity contribution in [3.63, 3.8) is 0 Å². The maximum absolute atomic E-state index is 12.1. The molecule has 4 aromatic carbocycles. The van der Waals surface area contributed by atoms with Crippen LogP contribution in [0.15, 0.2) is 127 Å². The van der Waals surface area contributed by atoms with Crippen LogP contribution in [0.25, 0.3) is 5.31 Å². The molecule has 0 atom stereocenters. The number of carboxylic acid groups (broad SMARTS) is 1. The number of carboxylic acids is 1. The number of rotatable bonds is 6. The summed E-state index contributed by atoms with van der Waals surface area (Å²) in [5.74, 6) is -0.943. The highest BCUT2D eigenvalue weighted by molar-refractivity contribution is 8.03. The Morgan fingerprint density at radius 3 is 1.23 bits per heavy atom. The van der Waals surface area contributed by atoms with E-state index >= 15 is 0 Å². The van der Waals surface area contributed by atoms with E-state index < -0.39 is 13.2 Å². The molecule has 4 rings (SSSR count). The summed E-state index contributed by atoms with van der Waals surface area (Å²) in [5.41, 5.74) is 0.921. The van der Waals surface area contributed by atoms with Crippen LogP contribution in [0, 0.1) is 0 Å². The Morgan fingerprint density at radius 2 is 0.903 bits per heavy atom. The molecule has 0 amide bonds. The molecule has 0 spiro atoms. The fourth-order valence-electron chi connectivity index (χ4n) is 3.92. The molecule has 0 heterocycles. The molecule has 2 nitrogen and oxygen atoms in total. The highest BCUT2D eigenvalue weighted by Gasteiger charge is 2.50. The molecular weight excluding hydrogens is 467 g/mol. The first-order valence-electron chi connectivity index (χ1n) is 9.79. The Bertz CT molecular complexity index is 1050. The average Bonchev–Trinajstić information content (AvgIpc) is 2.81. The zero-order chi connectivity index (χ0) is 20.8. The van der Waals surface area contributed by atoms with Crippen LogP contribution in [-0.4, -0.2) is 11.1 Å². The number of hydrogen-bond donors (Lipinski definition) is 1. The predicted molar refractivity (Wildman–Crippen MR) is 127 cm³/mol. The fraction of sp³-hybridized carbons (Fsp3) is 0. The van der Waals surface area contributed by atoms with Crippen molar-refractivity contribution < 1.29 is 26.9 Å². The van der Waals surface area contributed by atoms with Gasteiger partial charge in [-0.15, -0.1) is 0 Å². The normalized spacial score (nSPS) is 11.4. The molecule has 4 aromatic rings.